The molecule has 1 saturated heterocycles. The number of carbonyl (C=O) groups excluding carboxylic acids is 1. The monoisotopic (exact) mass is 306 g/mol. The molecule has 21 heavy (non-hydrogen) atoms. The van der Waals surface area contributed by atoms with Crippen LogP contribution in [0.2, 0.25) is 0 Å². The molecule has 0 spiro atoms. The lowest BCUT2D eigenvalue weighted by Crippen LogP contribution is -2.36. The Kier molecular flexibility index (Phi) is 4.29. The van der Waals surface area contributed by atoms with E-state index in [0.717, 1.165) is 0 Å². The van der Waals surface area contributed by atoms with Crippen LogP contribution in [-0.2, 0) is 14.6 Å². The third-order valence-corrected chi connectivity index (χ3v) is 4.90. The van der Waals surface area contributed by atoms with E-state index in [1.807, 2.05) is 0 Å². The van der Waals surface area contributed by atoms with Crippen LogP contribution in [0.15, 0.2) is 29.8 Å². The number of nitriles is 1. The van der Waals surface area contributed by atoms with Crippen molar-refractivity contribution in [3.8, 4) is 11.8 Å². The molecular weight excluding hydrogens is 292 g/mol. The van der Waals surface area contributed by atoms with E-state index >= 15 is 0 Å². The van der Waals surface area contributed by atoms with Gasteiger partial charge in [-0.15, -0.1) is 0 Å². The van der Waals surface area contributed by atoms with Gasteiger partial charge in [0.1, 0.15) is 17.4 Å². The van der Waals surface area contributed by atoms with Gasteiger partial charge < -0.3 is 10.4 Å². The number of sulfone groups is 1. The SMILES string of the molecule is N#C/C(=C\c1ccc(O)cc1)C(=O)N[C@H]1CCS(=O)(=O)C1. The van der Waals surface area contributed by atoms with Crippen LogP contribution in [0.1, 0.15) is 12.0 Å². The Balaban J connectivity index is 2.09. The molecule has 6 nitrogen and oxygen atoms in total. The van der Waals surface area contributed by atoms with Crippen molar-refractivity contribution >= 4 is 21.8 Å². The van der Waals surface area contributed by atoms with E-state index in [4.69, 9.17) is 5.26 Å². The molecule has 0 radical (unpaired) electrons. The highest BCUT2D eigenvalue weighted by Gasteiger charge is 2.29. The fourth-order valence-corrected chi connectivity index (χ4v) is 3.73. The number of phenolic OH excluding ortho intramolecular Hbond substituents is 1. The zero-order valence-corrected chi connectivity index (χ0v) is 11.9. The minimum atomic E-state index is -3.08. The number of carbonyl (C=O) groups is 1. The van der Waals surface area contributed by atoms with Gasteiger partial charge in [-0.1, -0.05) is 12.1 Å². The van der Waals surface area contributed by atoms with Crippen molar-refractivity contribution in [2.75, 3.05) is 11.5 Å². The molecule has 1 heterocycles. The van der Waals surface area contributed by atoms with Crippen LogP contribution in [0.5, 0.6) is 5.75 Å². The van der Waals surface area contributed by atoms with Crippen molar-refractivity contribution < 1.29 is 18.3 Å². The number of amides is 1. The summed E-state index contributed by atoms with van der Waals surface area (Å²) in [7, 11) is -3.08. The quantitative estimate of drug-likeness (QED) is 0.628. The fourth-order valence-electron chi connectivity index (χ4n) is 2.06. The van der Waals surface area contributed by atoms with Gasteiger partial charge in [0.15, 0.2) is 9.84 Å². The molecule has 2 N–H and O–H groups in total. The van der Waals surface area contributed by atoms with E-state index in [9.17, 15) is 18.3 Å². The smallest absolute Gasteiger partial charge is 0.262 e. The van der Waals surface area contributed by atoms with E-state index in [0.29, 0.717) is 12.0 Å². The summed E-state index contributed by atoms with van der Waals surface area (Å²) >= 11 is 0. The van der Waals surface area contributed by atoms with Crippen molar-refractivity contribution in [1.29, 1.82) is 5.26 Å². The summed E-state index contributed by atoms with van der Waals surface area (Å²) in [6.45, 7) is 0. The Bertz CT molecular complexity index is 714. The second-order valence-corrected chi connectivity index (χ2v) is 7.06. The third kappa shape index (κ3) is 4.07. The molecule has 0 bridgehead atoms. The maximum Gasteiger partial charge on any atom is 0.262 e. The maximum atomic E-state index is 12.0. The molecule has 1 aliphatic rings. The van der Waals surface area contributed by atoms with Gasteiger partial charge in [0.25, 0.3) is 5.91 Å². The fraction of sp³-hybridized carbons (Fsp3) is 0.286. The highest BCUT2D eigenvalue weighted by atomic mass is 32.2. The lowest BCUT2D eigenvalue weighted by atomic mass is 10.1. The number of hydrogen-bond donors (Lipinski definition) is 2. The molecule has 1 aliphatic heterocycles. The summed E-state index contributed by atoms with van der Waals surface area (Å²) in [5.41, 5.74) is 0.489. The molecular formula is C14H14N2O4S. The Hall–Kier alpha value is -2.33. The van der Waals surface area contributed by atoms with Crippen LogP contribution in [0, 0.1) is 11.3 Å². The second kappa shape index (κ2) is 5.97. The van der Waals surface area contributed by atoms with Crippen molar-refractivity contribution in [2.45, 2.75) is 12.5 Å². The number of rotatable bonds is 3. The Morgan fingerprint density at radius 1 is 1.38 bits per heavy atom. The van der Waals surface area contributed by atoms with Crippen LogP contribution in [-0.4, -0.2) is 37.0 Å². The zero-order valence-electron chi connectivity index (χ0n) is 11.1. The first-order valence-corrected chi connectivity index (χ1v) is 8.14. The van der Waals surface area contributed by atoms with Crippen LogP contribution in [0.3, 0.4) is 0 Å². The number of aromatic hydroxyl groups is 1. The molecule has 1 atom stereocenters. The first-order chi connectivity index (χ1) is 9.89. The molecule has 1 aromatic rings. The first-order valence-electron chi connectivity index (χ1n) is 6.32. The lowest BCUT2D eigenvalue weighted by molar-refractivity contribution is -0.117. The van der Waals surface area contributed by atoms with Crippen molar-refractivity contribution in [1.82, 2.24) is 5.32 Å². The maximum absolute atomic E-state index is 12.0. The number of benzene rings is 1. The lowest BCUT2D eigenvalue weighted by Gasteiger charge is -2.09. The number of hydrogen-bond acceptors (Lipinski definition) is 5. The third-order valence-electron chi connectivity index (χ3n) is 3.14. The van der Waals surface area contributed by atoms with Crippen LogP contribution in [0.25, 0.3) is 6.08 Å². The molecule has 1 aromatic carbocycles. The highest BCUT2D eigenvalue weighted by Crippen LogP contribution is 2.14. The van der Waals surface area contributed by atoms with Gasteiger partial charge in [-0.25, -0.2) is 8.42 Å². The number of nitrogens with one attached hydrogen (secondary N) is 1. The van der Waals surface area contributed by atoms with Crippen molar-refractivity contribution in [3.63, 3.8) is 0 Å². The predicted molar refractivity (Wildman–Crippen MR) is 76.9 cm³/mol. The van der Waals surface area contributed by atoms with Gasteiger partial charge in [-0.05, 0) is 30.2 Å². The Morgan fingerprint density at radius 2 is 2.05 bits per heavy atom. The Labute approximate surface area is 122 Å². The van der Waals surface area contributed by atoms with Crippen LogP contribution in [0.4, 0.5) is 0 Å². The van der Waals surface area contributed by atoms with Crippen LogP contribution < -0.4 is 5.32 Å². The van der Waals surface area contributed by atoms with Gasteiger partial charge in [0.05, 0.1) is 11.5 Å². The van der Waals surface area contributed by atoms with E-state index in [-0.39, 0.29) is 22.8 Å². The van der Waals surface area contributed by atoms with Gasteiger partial charge in [0, 0.05) is 6.04 Å². The molecule has 0 aromatic heterocycles. The van der Waals surface area contributed by atoms with E-state index < -0.39 is 21.8 Å². The zero-order chi connectivity index (χ0) is 15.5. The summed E-state index contributed by atoms with van der Waals surface area (Å²) < 4.78 is 22.7. The largest absolute Gasteiger partial charge is 0.508 e. The second-order valence-electron chi connectivity index (χ2n) is 4.83. The molecule has 2 rings (SSSR count). The van der Waals surface area contributed by atoms with Crippen molar-refractivity contribution in [2.24, 2.45) is 0 Å². The molecule has 110 valence electrons. The van der Waals surface area contributed by atoms with E-state index in [1.54, 1.807) is 18.2 Å². The summed E-state index contributed by atoms with van der Waals surface area (Å²) in [4.78, 5) is 12.0. The summed E-state index contributed by atoms with van der Waals surface area (Å²) in [6, 6.07) is 7.38. The molecule has 0 saturated carbocycles. The van der Waals surface area contributed by atoms with Crippen LogP contribution >= 0.6 is 0 Å². The molecule has 0 unspecified atom stereocenters. The normalized spacial score (nSPS) is 20.7. The van der Waals surface area contributed by atoms with Gasteiger partial charge in [-0.3, -0.25) is 4.79 Å². The summed E-state index contributed by atoms with van der Waals surface area (Å²) in [5.74, 6) is -0.531. The van der Waals surface area contributed by atoms with E-state index in [1.165, 1.54) is 18.2 Å². The average molecular weight is 306 g/mol. The standard InChI is InChI=1S/C14H14N2O4S/c15-8-11(7-10-1-3-13(17)4-2-10)14(18)16-12-5-6-21(19,20)9-12/h1-4,7,12,17H,5-6,9H2,(H,16,18)/b11-7+/t12-/m0/s1. The molecule has 7 heteroatoms. The summed E-state index contributed by atoms with van der Waals surface area (Å²) in [5, 5.41) is 20.8. The average Bonchev–Trinajstić information content (AvgIpc) is 2.77. The van der Waals surface area contributed by atoms with E-state index in [2.05, 4.69) is 5.32 Å². The first kappa shape index (κ1) is 15.1. The molecule has 1 fully saturated rings. The number of nitrogens with zero attached hydrogens (tertiary/aromatic N) is 1. The van der Waals surface area contributed by atoms with Crippen molar-refractivity contribution in [3.05, 3.63) is 35.4 Å². The topological polar surface area (TPSA) is 107 Å². The minimum Gasteiger partial charge on any atom is -0.508 e. The summed E-state index contributed by atoms with van der Waals surface area (Å²) in [6.07, 6.45) is 1.75. The van der Waals surface area contributed by atoms with Gasteiger partial charge >= 0.3 is 0 Å². The molecule has 1 amide bonds. The number of phenols is 1. The molecule has 0 aliphatic carbocycles. The van der Waals surface area contributed by atoms with Gasteiger partial charge in [-0.2, -0.15) is 5.26 Å². The van der Waals surface area contributed by atoms with Gasteiger partial charge in [0.2, 0.25) is 0 Å². The Morgan fingerprint density at radius 3 is 2.57 bits per heavy atom. The predicted octanol–water partition coefficient (Wildman–Crippen LogP) is 0.602. The highest BCUT2D eigenvalue weighted by molar-refractivity contribution is 7.91. The minimum absolute atomic E-state index is 0.0571.